The fraction of sp³-hybridized carbons (Fsp3) is 1.00. The third-order valence-corrected chi connectivity index (χ3v) is 4.87. The van der Waals surface area contributed by atoms with Crippen molar-refractivity contribution in [3.8, 4) is 0 Å². The van der Waals surface area contributed by atoms with Gasteiger partial charge in [-0.05, 0) is 38.8 Å². The zero-order valence-corrected chi connectivity index (χ0v) is 11.1. The molecule has 1 fully saturated rings. The molecular formula is C11H23NO3S. The third-order valence-electron chi connectivity index (χ3n) is 3.08. The van der Waals surface area contributed by atoms with E-state index in [9.17, 15) is 8.42 Å². The Morgan fingerprint density at radius 2 is 2.06 bits per heavy atom. The van der Waals surface area contributed by atoms with E-state index < -0.39 is 9.84 Å². The molecule has 4 nitrogen and oxygen atoms in total. The van der Waals surface area contributed by atoms with Crippen LogP contribution in [-0.4, -0.2) is 46.2 Å². The van der Waals surface area contributed by atoms with Crippen molar-refractivity contribution in [1.82, 2.24) is 5.32 Å². The van der Waals surface area contributed by atoms with Crippen LogP contribution >= 0.6 is 0 Å². The first-order chi connectivity index (χ1) is 7.57. The second kappa shape index (κ2) is 6.57. The highest BCUT2D eigenvalue weighted by molar-refractivity contribution is 7.91. The molecule has 0 heterocycles. The van der Waals surface area contributed by atoms with Gasteiger partial charge >= 0.3 is 0 Å². The van der Waals surface area contributed by atoms with Gasteiger partial charge in [0.15, 0.2) is 0 Å². The highest BCUT2D eigenvalue weighted by atomic mass is 32.2. The van der Waals surface area contributed by atoms with Gasteiger partial charge in [-0.2, -0.15) is 0 Å². The van der Waals surface area contributed by atoms with Gasteiger partial charge in [0, 0.05) is 12.4 Å². The smallest absolute Gasteiger partial charge is 0.150 e. The van der Waals surface area contributed by atoms with Crippen molar-refractivity contribution in [2.24, 2.45) is 5.92 Å². The Labute approximate surface area is 98.7 Å². The van der Waals surface area contributed by atoms with E-state index in [1.54, 1.807) is 6.92 Å². The number of rotatable bonds is 8. The van der Waals surface area contributed by atoms with Gasteiger partial charge in [-0.1, -0.05) is 6.92 Å². The molecule has 0 radical (unpaired) electrons. The molecule has 1 aliphatic carbocycles. The van der Waals surface area contributed by atoms with Crippen LogP contribution in [-0.2, 0) is 14.6 Å². The van der Waals surface area contributed by atoms with Gasteiger partial charge in [0.05, 0.1) is 11.9 Å². The molecule has 96 valence electrons. The summed E-state index contributed by atoms with van der Waals surface area (Å²) >= 11 is 0. The molecule has 0 aromatic heterocycles. The van der Waals surface area contributed by atoms with Crippen LogP contribution in [0.25, 0.3) is 0 Å². The van der Waals surface area contributed by atoms with Gasteiger partial charge < -0.3 is 10.1 Å². The lowest BCUT2D eigenvalue weighted by atomic mass is 9.82. The van der Waals surface area contributed by atoms with Crippen LogP contribution in [0.4, 0.5) is 0 Å². The fourth-order valence-corrected chi connectivity index (χ4v) is 2.79. The summed E-state index contributed by atoms with van der Waals surface area (Å²) < 4.78 is 28.0. The van der Waals surface area contributed by atoms with Crippen LogP contribution < -0.4 is 5.32 Å². The van der Waals surface area contributed by atoms with Crippen molar-refractivity contribution in [3.63, 3.8) is 0 Å². The first-order valence-electron chi connectivity index (χ1n) is 6.04. The predicted molar refractivity (Wildman–Crippen MR) is 65.3 cm³/mol. The van der Waals surface area contributed by atoms with Gasteiger partial charge in [0.2, 0.25) is 0 Å². The maximum atomic E-state index is 11.2. The summed E-state index contributed by atoms with van der Waals surface area (Å²) in [5.41, 5.74) is 0. The first-order valence-corrected chi connectivity index (χ1v) is 7.86. The maximum Gasteiger partial charge on any atom is 0.150 e. The van der Waals surface area contributed by atoms with Gasteiger partial charge in [-0.3, -0.25) is 0 Å². The third kappa shape index (κ3) is 4.80. The number of hydrogen-bond acceptors (Lipinski definition) is 4. The summed E-state index contributed by atoms with van der Waals surface area (Å²) in [4.78, 5) is 0. The molecule has 0 aromatic carbocycles. The highest BCUT2D eigenvalue weighted by Gasteiger charge is 2.28. The molecular weight excluding hydrogens is 226 g/mol. The van der Waals surface area contributed by atoms with Crippen molar-refractivity contribution in [1.29, 1.82) is 0 Å². The van der Waals surface area contributed by atoms with Gasteiger partial charge in [-0.15, -0.1) is 0 Å². The highest BCUT2D eigenvalue weighted by Crippen LogP contribution is 2.29. The molecule has 0 aromatic rings. The average Bonchev–Trinajstić information content (AvgIpc) is 2.20. The Morgan fingerprint density at radius 3 is 2.62 bits per heavy atom. The Bertz CT molecular complexity index is 284. The quantitative estimate of drug-likeness (QED) is 0.647. The van der Waals surface area contributed by atoms with Crippen LogP contribution in [0.2, 0.25) is 0 Å². The van der Waals surface area contributed by atoms with Crippen molar-refractivity contribution in [3.05, 3.63) is 0 Å². The van der Waals surface area contributed by atoms with Gasteiger partial charge in [-0.25, -0.2) is 8.42 Å². The van der Waals surface area contributed by atoms with Crippen molar-refractivity contribution in [2.75, 3.05) is 31.7 Å². The van der Waals surface area contributed by atoms with Crippen LogP contribution in [0, 0.1) is 5.92 Å². The summed E-state index contributed by atoms with van der Waals surface area (Å²) in [6, 6.07) is 0. The minimum Gasteiger partial charge on any atom is -0.378 e. The second-order valence-electron chi connectivity index (χ2n) is 4.48. The van der Waals surface area contributed by atoms with Crippen LogP contribution in [0.1, 0.15) is 26.2 Å². The molecule has 0 spiro atoms. The first kappa shape index (κ1) is 13.9. The number of ether oxygens (including phenoxy) is 1. The monoisotopic (exact) mass is 249 g/mol. The molecule has 0 bridgehead atoms. The van der Waals surface area contributed by atoms with Crippen LogP contribution in [0.15, 0.2) is 0 Å². The largest absolute Gasteiger partial charge is 0.378 e. The summed E-state index contributed by atoms with van der Waals surface area (Å²) in [6.45, 7) is 3.32. The molecule has 1 aliphatic rings. The maximum absolute atomic E-state index is 11.2. The van der Waals surface area contributed by atoms with E-state index in [0.717, 1.165) is 25.3 Å². The van der Waals surface area contributed by atoms with Crippen molar-refractivity contribution in [2.45, 2.75) is 32.3 Å². The van der Waals surface area contributed by atoms with E-state index >= 15 is 0 Å². The second-order valence-corrected chi connectivity index (χ2v) is 6.95. The topological polar surface area (TPSA) is 55.4 Å². The molecule has 0 atom stereocenters. The Balaban J connectivity index is 1.98. The van der Waals surface area contributed by atoms with E-state index in [4.69, 9.17) is 4.74 Å². The Kier molecular flexibility index (Phi) is 5.72. The fourth-order valence-electron chi connectivity index (χ4n) is 1.94. The predicted octanol–water partition coefficient (Wildman–Crippen LogP) is 0.826. The normalized spacial score (nSPS) is 25.4. The SMILES string of the molecule is CCS(=O)(=O)CCCOC1CC(CNC)C1. The zero-order chi connectivity index (χ0) is 12.0. The Hall–Kier alpha value is -0.130. The van der Waals surface area contributed by atoms with E-state index in [1.807, 2.05) is 7.05 Å². The lowest BCUT2D eigenvalue weighted by molar-refractivity contribution is -0.0288. The molecule has 1 N–H and O–H groups in total. The molecule has 0 unspecified atom stereocenters. The van der Waals surface area contributed by atoms with Gasteiger partial charge in [0.1, 0.15) is 9.84 Å². The molecule has 0 amide bonds. The summed E-state index contributed by atoms with van der Waals surface area (Å²) in [5.74, 6) is 1.24. The summed E-state index contributed by atoms with van der Waals surface area (Å²) in [6.07, 6.45) is 3.22. The van der Waals surface area contributed by atoms with E-state index in [0.29, 0.717) is 19.1 Å². The van der Waals surface area contributed by atoms with E-state index in [-0.39, 0.29) is 11.5 Å². The molecule has 0 aliphatic heterocycles. The minimum absolute atomic E-state index is 0.237. The average molecular weight is 249 g/mol. The Morgan fingerprint density at radius 1 is 1.38 bits per heavy atom. The lowest BCUT2D eigenvalue weighted by Crippen LogP contribution is -2.37. The van der Waals surface area contributed by atoms with E-state index in [1.165, 1.54) is 0 Å². The van der Waals surface area contributed by atoms with Crippen molar-refractivity contribution >= 4 is 9.84 Å². The molecule has 5 heteroatoms. The number of nitrogens with one attached hydrogen (secondary N) is 1. The van der Waals surface area contributed by atoms with Crippen molar-refractivity contribution < 1.29 is 13.2 Å². The van der Waals surface area contributed by atoms with Crippen LogP contribution in [0.3, 0.4) is 0 Å². The zero-order valence-electron chi connectivity index (χ0n) is 10.2. The minimum atomic E-state index is -2.82. The van der Waals surface area contributed by atoms with E-state index in [2.05, 4.69) is 5.32 Å². The standard InChI is InChI=1S/C11H23NO3S/c1-3-16(13,14)6-4-5-15-11-7-10(8-11)9-12-2/h10-12H,3-9H2,1-2H3. The number of sulfone groups is 1. The van der Waals surface area contributed by atoms with Gasteiger partial charge in [0.25, 0.3) is 0 Å². The molecule has 1 rings (SSSR count). The molecule has 1 saturated carbocycles. The summed E-state index contributed by atoms with van der Waals surface area (Å²) in [5, 5.41) is 3.15. The summed E-state index contributed by atoms with van der Waals surface area (Å²) in [7, 11) is -0.853. The lowest BCUT2D eigenvalue weighted by Gasteiger charge is -2.35. The van der Waals surface area contributed by atoms with Crippen LogP contribution in [0.5, 0.6) is 0 Å². The molecule has 16 heavy (non-hydrogen) atoms. The number of hydrogen-bond donors (Lipinski definition) is 1. The molecule has 0 saturated heterocycles.